The Morgan fingerprint density at radius 3 is 2.78 bits per heavy atom. The van der Waals surface area contributed by atoms with Crippen molar-refractivity contribution in [3.8, 4) is 0 Å². The minimum absolute atomic E-state index is 0.0593. The lowest BCUT2D eigenvalue weighted by Crippen LogP contribution is -2.45. The number of carbonyl (C=O) groups excluding carboxylic acids is 1. The third kappa shape index (κ3) is 3.50. The van der Waals surface area contributed by atoms with Gasteiger partial charge in [-0.1, -0.05) is 6.42 Å². The number of alkyl halides is 3. The first-order chi connectivity index (χ1) is 10.8. The van der Waals surface area contributed by atoms with Crippen LogP contribution >= 0.6 is 0 Å². The molecule has 1 aliphatic heterocycles. The maximum Gasteiger partial charge on any atom is 0.391 e. The summed E-state index contributed by atoms with van der Waals surface area (Å²) >= 11 is 0. The summed E-state index contributed by atoms with van der Waals surface area (Å²) in [6.45, 7) is 2.45. The molecule has 0 bridgehead atoms. The van der Waals surface area contributed by atoms with Gasteiger partial charge in [0.05, 0.1) is 5.92 Å². The molecule has 1 fully saturated rings. The van der Waals surface area contributed by atoms with E-state index in [1.807, 2.05) is 11.5 Å². The Morgan fingerprint density at radius 2 is 2.04 bits per heavy atom. The predicted octanol–water partition coefficient (Wildman–Crippen LogP) is 2.39. The zero-order valence-corrected chi connectivity index (χ0v) is 13.1. The zero-order valence-electron chi connectivity index (χ0n) is 13.1. The van der Waals surface area contributed by atoms with Crippen LogP contribution in [0.1, 0.15) is 43.8 Å². The van der Waals surface area contributed by atoms with E-state index in [-0.39, 0.29) is 24.8 Å². The SMILES string of the molecule is Cc1nnc2n1CC(NC(=O)C1CCCC(C(F)(F)F)C1)CC2. The Labute approximate surface area is 132 Å². The van der Waals surface area contributed by atoms with Gasteiger partial charge in [0.15, 0.2) is 0 Å². The molecule has 1 saturated carbocycles. The molecular formula is C15H21F3N4O. The lowest BCUT2D eigenvalue weighted by atomic mass is 9.80. The third-order valence-corrected chi connectivity index (χ3v) is 4.99. The molecular weight excluding hydrogens is 309 g/mol. The summed E-state index contributed by atoms with van der Waals surface area (Å²) in [6.07, 6.45) is -1.66. The van der Waals surface area contributed by atoms with E-state index in [1.54, 1.807) is 0 Å². The largest absolute Gasteiger partial charge is 0.391 e. The highest BCUT2D eigenvalue weighted by atomic mass is 19.4. The molecule has 1 aliphatic carbocycles. The fourth-order valence-corrected chi connectivity index (χ4v) is 3.62. The van der Waals surface area contributed by atoms with Gasteiger partial charge < -0.3 is 9.88 Å². The van der Waals surface area contributed by atoms with Gasteiger partial charge in [0, 0.05) is 24.9 Å². The molecule has 128 valence electrons. The highest BCUT2D eigenvalue weighted by molar-refractivity contribution is 5.79. The van der Waals surface area contributed by atoms with E-state index in [9.17, 15) is 18.0 Å². The van der Waals surface area contributed by atoms with Crippen molar-refractivity contribution in [2.24, 2.45) is 11.8 Å². The second kappa shape index (κ2) is 6.13. The van der Waals surface area contributed by atoms with Crippen LogP contribution in [0.2, 0.25) is 0 Å². The average Bonchev–Trinajstić information content (AvgIpc) is 2.88. The molecule has 1 N–H and O–H groups in total. The summed E-state index contributed by atoms with van der Waals surface area (Å²) in [5, 5.41) is 11.0. The fourth-order valence-electron chi connectivity index (χ4n) is 3.62. The van der Waals surface area contributed by atoms with Crippen LogP contribution in [0.4, 0.5) is 13.2 Å². The molecule has 1 amide bonds. The van der Waals surface area contributed by atoms with Gasteiger partial charge in [-0.2, -0.15) is 13.2 Å². The van der Waals surface area contributed by atoms with E-state index < -0.39 is 18.0 Å². The van der Waals surface area contributed by atoms with Crippen molar-refractivity contribution in [1.82, 2.24) is 20.1 Å². The van der Waals surface area contributed by atoms with Crippen molar-refractivity contribution in [1.29, 1.82) is 0 Å². The second-order valence-electron chi connectivity index (χ2n) is 6.62. The molecule has 8 heteroatoms. The number of aryl methyl sites for hydroxylation is 2. The summed E-state index contributed by atoms with van der Waals surface area (Å²) < 4.78 is 40.6. The standard InChI is InChI=1S/C15H21F3N4O/c1-9-20-21-13-6-5-12(8-22(9)13)19-14(23)10-3-2-4-11(7-10)15(16,17)18/h10-12H,2-8H2,1H3,(H,19,23). The molecule has 2 heterocycles. The van der Waals surface area contributed by atoms with Crippen LogP contribution in [0.25, 0.3) is 0 Å². The summed E-state index contributed by atoms with van der Waals surface area (Å²) in [5.74, 6) is -0.404. The Bertz CT molecular complexity index is 584. The first-order valence-corrected chi connectivity index (χ1v) is 8.10. The van der Waals surface area contributed by atoms with Gasteiger partial charge in [-0.3, -0.25) is 4.79 Å². The number of carbonyl (C=O) groups is 1. The number of hydrogen-bond donors (Lipinski definition) is 1. The summed E-state index contributed by atoms with van der Waals surface area (Å²) in [6, 6.07) is -0.0593. The quantitative estimate of drug-likeness (QED) is 0.906. The van der Waals surface area contributed by atoms with Gasteiger partial charge in [0.2, 0.25) is 5.91 Å². The van der Waals surface area contributed by atoms with Crippen LogP contribution in [-0.4, -0.2) is 32.9 Å². The van der Waals surface area contributed by atoms with Crippen LogP contribution in [0.3, 0.4) is 0 Å². The van der Waals surface area contributed by atoms with Gasteiger partial charge in [0.1, 0.15) is 11.6 Å². The molecule has 1 aromatic heterocycles. The molecule has 0 spiro atoms. The van der Waals surface area contributed by atoms with Crippen molar-refractivity contribution in [3.05, 3.63) is 11.6 Å². The average molecular weight is 330 g/mol. The minimum atomic E-state index is -4.20. The number of hydrogen-bond acceptors (Lipinski definition) is 3. The molecule has 3 atom stereocenters. The number of fused-ring (bicyclic) bond motifs is 1. The zero-order chi connectivity index (χ0) is 16.6. The number of aromatic nitrogens is 3. The maximum absolute atomic E-state index is 12.9. The van der Waals surface area contributed by atoms with E-state index in [0.717, 1.165) is 24.5 Å². The van der Waals surface area contributed by atoms with Crippen LogP contribution in [0.15, 0.2) is 0 Å². The lowest BCUT2D eigenvalue weighted by Gasteiger charge is -2.32. The lowest BCUT2D eigenvalue weighted by molar-refractivity contribution is -0.186. The highest BCUT2D eigenvalue weighted by Gasteiger charge is 2.43. The van der Waals surface area contributed by atoms with Gasteiger partial charge in [-0.15, -0.1) is 10.2 Å². The monoisotopic (exact) mass is 330 g/mol. The Kier molecular flexibility index (Phi) is 4.33. The van der Waals surface area contributed by atoms with Gasteiger partial charge in [-0.05, 0) is 32.6 Å². The van der Waals surface area contributed by atoms with Gasteiger partial charge in [-0.25, -0.2) is 0 Å². The molecule has 0 radical (unpaired) electrons. The molecule has 3 rings (SSSR count). The van der Waals surface area contributed by atoms with Crippen LogP contribution in [0.5, 0.6) is 0 Å². The molecule has 3 unspecified atom stereocenters. The molecule has 0 saturated heterocycles. The fraction of sp³-hybridized carbons (Fsp3) is 0.800. The molecule has 0 aromatic carbocycles. The van der Waals surface area contributed by atoms with E-state index in [2.05, 4.69) is 15.5 Å². The van der Waals surface area contributed by atoms with Crippen molar-refractivity contribution < 1.29 is 18.0 Å². The Balaban J connectivity index is 1.58. The summed E-state index contributed by atoms with van der Waals surface area (Å²) in [4.78, 5) is 12.4. The van der Waals surface area contributed by atoms with Crippen LogP contribution < -0.4 is 5.32 Å². The Hall–Kier alpha value is -1.60. The van der Waals surface area contributed by atoms with Crippen molar-refractivity contribution in [2.45, 2.75) is 64.2 Å². The van der Waals surface area contributed by atoms with Crippen molar-refractivity contribution in [3.63, 3.8) is 0 Å². The van der Waals surface area contributed by atoms with Gasteiger partial charge in [0.25, 0.3) is 0 Å². The summed E-state index contributed by atoms with van der Waals surface area (Å²) in [5.41, 5.74) is 0. The number of halogens is 3. The van der Waals surface area contributed by atoms with E-state index in [0.29, 0.717) is 19.4 Å². The van der Waals surface area contributed by atoms with Crippen molar-refractivity contribution >= 4 is 5.91 Å². The first-order valence-electron chi connectivity index (χ1n) is 8.10. The van der Waals surface area contributed by atoms with Crippen LogP contribution in [-0.2, 0) is 17.8 Å². The number of rotatable bonds is 2. The smallest absolute Gasteiger partial charge is 0.351 e. The van der Waals surface area contributed by atoms with Crippen molar-refractivity contribution in [2.75, 3.05) is 0 Å². The molecule has 2 aliphatic rings. The highest BCUT2D eigenvalue weighted by Crippen LogP contribution is 2.40. The van der Waals surface area contributed by atoms with Crippen LogP contribution in [0, 0.1) is 18.8 Å². The number of amides is 1. The molecule has 5 nitrogen and oxygen atoms in total. The van der Waals surface area contributed by atoms with E-state index in [1.165, 1.54) is 0 Å². The second-order valence-corrected chi connectivity index (χ2v) is 6.62. The number of nitrogens with one attached hydrogen (secondary N) is 1. The first kappa shape index (κ1) is 16.3. The maximum atomic E-state index is 12.9. The van der Waals surface area contributed by atoms with E-state index in [4.69, 9.17) is 0 Å². The molecule has 1 aromatic rings. The van der Waals surface area contributed by atoms with Gasteiger partial charge >= 0.3 is 6.18 Å². The topological polar surface area (TPSA) is 59.8 Å². The normalized spacial score (nSPS) is 28.3. The molecule has 23 heavy (non-hydrogen) atoms. The summed E-state index contributed by atoms with van der Waals surface area (Å²) in [7, 11) is 0. The number of nitrogens with zero attached hydrogens (tertiary/aromatic N) is 3. The minimum Gasteiger partial charge on any atom is -0.351 e. The third-order valence-electron chi connectivity index (χ3n) is 4.99. The van der Waals surface area contributed by atoms with E-state index >= 15 is 0 Å². The Morgan fingerprint density at radius 1 is 1.26 bits per heavy atom. The predicted molar refractivity (Wildman–Crippen MR) is 76.5 cm³/mol.